The van der Waals surface area contributed by atoms with Crippen LogP contribution in [-0.4, -0.2) is 19.6 Å². The molecule has 1 aromatic carbocycles. The van der Waals surface area contributed by atoms with Crippen LogP contribution in [0.4, 0.5) is 11.4 Å². The van der Waals surface area contributed by atoms with Crippen molar-refractivity contribution in [2.45, 2.75) is 6.42 Å². The Morgan fingerprint density at radius 2 is 2.36 bits per heavy atom. The van der Waals surface area contributed by atoms with Crippen LogP contribution in [0.5, 0.6) is 0 Å². The third-order valence-electron chi connectivity index (χ3n) is 2.43. The first kappa shape index (κ1) is 9.02. The van der Waals surface area contributed by atoms with Gasteiger partial charge in [0.25, 0.3) is 0 Å². The van der Waals surface area contributed by atoms with E-state index in [9.17, 15) is 4.79 Å². The van der Waals surface area contributed by atoms with E-state index < -0.39 is 0 Å². The average Bonchev–Trinajstić information content (AvgIpc) is 2.55. The molecule has 4 heteroatoms. The Balaban J connectivity index is 2.32. The third-order valence-corrected chi connectivity index (χ3v) is 2.43. The van der Waals surface area contributed by atoms with Crippen molar-refractivity contribution in [1.29, 1.82) is 0 Å². The number of nitrogens with two attached hydrogens (primary N) is 1. The zero-order valence-corrected chi connectivity index (χ0v) is 8.08. The highest BCUT2D eigenvalue weighted by Gasteiger charge is 2.17. The minimum atomic E-state index is 0.0625. The van der Waals surface area contributed by atoms with Gasteiger partial charge < -0.3 is 16.0 Å². The second kappa shape index (κ2) is 3.31. The third kappa shape index (κ3) is 1.44. The predicted octanol–water partition coefficient (Wildman–Crippen LogP) is 0.534. The molecular formula is C10H13N3O. The Kier molecular flexibility index (Phi) is 2.13. The molecule has 0 radical (unpaired) electrons. The lowest BCUT2D eigenvalue weighted by Crippen LogP contribution is -2.24. The highest BCUT2D eigenvalue weighted by Crippen LogP contribution is 2.26. The van der Waals surface area contributed by atoms with Gasteiger partial charge in [0.1, 0.15) is 0 Å². The van der Waals surface area contributed by atoms with E-state index >= 15 is 0 Å². The normalized spacial score (nSPS) is 13.7. The molecule has 1 aliphatic heterocycles. The summed E-state index contributed by atoms with van der Waals surface area (Å²) in [6.45, 7) is 0.472. The quantitative estimate of drug-likeness (QED) is 0.670. The maximum absolute atomic E-state index is 11.1. The summed E-state index contributed by atoms with van der Waals surface area (Å²) in [6.07, 6.45) is 0.474. The van der Waals surface area contributed by atoms with Gasteiger partial charge in [-0.25, -0.2) is 0 Å². The van der Waals surface area contributed by atoms with E-state index in [1.165, 1.54) is 0 Å². The molecule has 0 unspecified atom stereocenters. The second-order valence-corrected chi connectivity index (χ2v) is 3.45. The molecule has 1 heterocycles. The number of nitrogens with one attached hydrogen (secondary N) is 1. The maximum Gasteiger partial charge on any atom is 0.228 e. The average molecular weight is 191 g/mol. The number of rotatable bonds is 2. The Labute approximate surface area is 82.7 Å². The first-order chi connectivity index (χ1) is 6.70. The van der Waals surface area contributed by atoms with Crippen molar-refractivity contribution in [2.24, 2.45) is 5.73 Å². The monoisotopic (exact) mass is 191 g/mol. The van der Waals surface area contributed by atoms with Gasteiger partial charge in [0.2, 0.25) is 5.91 Å². The number of carbonyl (C=O) groups is 1. The minimum Gasteiger partial charge on any atom is -0.362 e. The van der Waals surface area contributed by atoms with Crippen molar-refractivity contribution in [2.75, 3.05) is 23.9 Å². The van der Waals surface area contributed by atoms with Gasteiger partial charge in [0.05, 0.1) is 13.1 Å². The van der Waals surface area contributed by atoms with E-state index in [1.807, 2.05) is 30.1 Å². The summed E-state index contributed by atoms with van der Waals surface area (Å²) in [4.78, 5) is 13.0. The van der Waals surface area contributed by atoms with Gasteiger partial charge in [-0.2, -0.15) is 0 Å². The van der Waals surface area contributed by atoms with Crippen LogP contribution < -0.4 is 16.0 Å². The molecule has 0 atom stereocenters. The van der Waals surface area contributed by atoms with Gasteiger partial charge in [0.15, 0.2) is 0 Å². The summed E-state index contributed by atoms with van der Waals surface area (Å²) in [5.41, 5.74) is 8.53. The van der Waals surface area contributed by atoms with Gasteiger partial charge in [-0.1, -0.05) is 0 Å². The summed E-state index contributed by atoms with van der Waals surface area (Å²) < 4.78 is 0. The molecule has 1 aromatic rings. The lowest BCUT2D eigenvalue weighted by atomic mass is 10.1. The van der Waals surface area contributed by atoms with Gasteiger partial charge in [0, 0.05) is 18.4 Å². The van der Waals surface area contributed by atoms with Gasteiger partial charge in [-0.05, 0) is 23.8 Å². The molecular weight excluding hydrogens is 178 g/mol. The molecule has 14 heavy (non-hydrogen) atoms. The molecule has 0 bridgehead atoms. The number of carbonyl (C=O) groups excluding carboxylic acids is 1. The summed E-state index contributed by atoms with van der Waals surface area (Å²) in [7, 11) is 1.92. The van der Waals surface area contributed by atoms with Gasteiger partial charge in [-0.3, -0.25) is 4.79 Å². The molecule has 1 aliphatic rings. The zero-order valence-electron chi connectivity index (χ0n) is 8.08. The Morgan fingerprint density at radius 1 is 1.57 bits per heavy atom. The summed E-state index contributed by atoms with van der Waals surface area (Å²) in [5.74, 6) is 0.0625. The van der Waals surface area contributed by atoms with Crippen molar-refractivity contribution in [3.05, 3.63) is 23.8 Å². The van der Waals surface area contributed by atoms with E-state index in [1.54, 1.807) is 0 Å². The minimum absolute atomic E-state index is 0.0625. The summed E-state index contributed by atoms with van der Waals surface area (Å²) in [5, 5.41) is 2.79. The number of anilines is 2. The van der Waals surface area contributed by atoms with Crippen molar-refractivity contribution >= 4 is 17.3 Å². The molecule has 0 saturated carbocycles. The zero-order chi connectivity index (χ0) is 10.1. The van der Waals surface area contributed by atoms with Crippen molar-refractivity contribution in [1.82, 2.24) is 0 Å². The molecule has 3 N–H and O–H groups in total. The molecule has 0 aliphatic carbocycles. The number of fused-ring (bicyclic) bond motifs is 1. The number of hydrogen-bond donors (Lipinski definition) is 2. The predicted molar refractivity (Wildman–Crippen MR) is 56.2 cm³/mol. The first-order valence-electron chi connectivity index (χ1n) is 4.54. The topological polar surface area (TPSA) is 58.4 Å². The molecule has 0 saturated heterocycles. The molecule has 0 aromatic heterocycles. The Hall–Kier alpha value is -1.55. The molecule has 0 spiro atoms. The number of nitrogens with zero attached hydrogens (tertiary/aromatic N) is 1. The van der Waals surface area contributed by atoms with Crippen LogP contribution in [0.3, 0.4) is 0 Å². The fourth-order valence-corrected chi connectivity index (χ4v) is 1.56. The van der Waals surface area contributed by atoms with E-state index in [2.05, 4.69) is 5.32 Å². The van der Waals surface area contributed by atoms with E-state index in [0.29, 0.717) is 13.1 Å². The van der Waals surface area contributed by atoms with Crippen LogP contribution in [-0.2, 0) is 11.2 Å². The Bertz CT molecular complexity index is 376. The van der Waals surface area contributed by atoms with Gasteiger partial charge >= 0.3 is 0 Å². The smallest absolute Gasteiger partial charge is 0.228 e. The largest absolute Gasteiger partial charge is 0.362 e. The van der Waals surface area contributed by atoms with Crippen LogP contribution >= 0.6 is 0 Å². The lowest BCUT2D eigenvalue weighted by Gasteiger charge is -2.17. The Morgan fingerprint density at radius 3 is 3.07 bits per heavy atom. The SMILES string of the molecule is CN(CN)c1ccc2c(c1)CC(=O)N2. The fourth-order valence-electron chi connectivity index (χ4n) is 1.56. The van der Waals surface area contributed by atoms with E-state index in [4.69, 9.17) is 5.73 Å². The van der Waals surface area contributed by atoms with Gasteiger partial charge in [-0.15, -0.1) is 0 Å². The lowest BCUT2D eigenvalue weighted by molar-refractivity contribution is -0.115. The van der Waals surface area contributed by atoms with E-state index in [0.717, 1.165) is 16.9 Å². The maximum atomic E-state index is 11.1. The van der Waals surface area contributed by atoms with Crippen LogP contribution in [0.15, 0.2) is 18.2 Å². The first-order valence-corrected chi connectivity index (χ1v) is 4.54. The number of benzene rings is 1. The van der Waals surface area contributed by atoms with Crippen LogP contribution in [0.25, 0.3) is 0 Å². The summed E-state index contributed by atoms with van der Waals surface area (Å²) in [6, 6.07) is 5.87. The van der Waals surface area contributed by atoms with Crippen molar-refractivity contribution in [3.8, 4) is 0 Å². The van der Waals surface area contributed by atoms with Crippen molar-refractivity contribution in [3.63, 3.8) is 0 Å². The second-order valence-electron chi connectivity index (χ2n) is 3.45. The highest BCUT2D eigenvalue weighted by molar-refractivity contribution is 5.99. The number of hydrogen-bond acceptors (Lipinski definition) is 3. The molecule has 74 valence electrons. The van der Waals surface area contributed by atoms with Crippen LogP contribution in [0.2, 0.25) is 0 Å². The van der Waals surface area contributed by atoms with E-state index in [-0.39, 0.29) is 5.91 Å². The standard InChI is InChI=1S/C10H13N3O/c1-13(6-11)8-2-3-9-7(4-8)5-10(14)12-9/h2-4H,5-6,11H2,1H3,(H,12,14). The molecule has 0 fully saturated rings. The van der Waals surface area contributed by atoms with Crippen LogP contribution in [0.1, 0.15) is 5.56 Å². The highest BCUT2D eigenvalue weighted by atomic mass is 16.1. The fraction of sp³-hybridized carbons (Fsp3) is 0.300. The van der Waals surface area contributed by atoms with Crippen molar-refractivity contribution < 1.29 is 4.79 Å². The molecule has 4 nitrogen and oxygen atoms in total. The van der Waals surface area contributed by atoms with Crippen LogP contribution in [0, 0.1) is 0 Å². The molecule has 2 rings (SSSR count). The number of amides is 1. The summed E-state index contributed by atoms with van der Waals surface area (Å²) >= 11 is 0. The molecule has 1 amide bonds.